The van der Waals surface area contributed by atoms with E-state index in [0.717, 1.165) is 31.5 Å². The Kier molecular flexibility index (Phi) is 4.14. The summed E-state index contributed by atoms with van der Waals surface area (Å²) in [6.07, 6.45) is 4.06. The molecule has 0 bridgehead atoms. The summed E-state index contributed by atoms with van der Waals surface area (Å²) in [5, 5.41) is 8.63. The van der Waals surface area contributed by atoms with Crippen LogP contribution in [0, 0.1) is 0 Å². The maximum Gasteiger partial charge on any atom is 0.225 e. The third-order valence-corrected chi connectivity index (χ3v) is 3.70. The largest absolute Gasteiger partial charge is 0.296 e. The van der Waals surface area contributed by atoms with E-state index in [1.807, 2.05) is 0 Å². The first-order valence-electron chi connectivity index (χ1n) is 5.75. The smallest absolute Gasteiger partial charge is 0.225 e. The monoisotopic (exact) mass is 229 g/mol. The summed E-state index contributed by atoms with van der Waals surface area (Å²) in [4.78, 5) is 0. The van der Waals surface area contributed by atoms with E-state index >= 15 is 0 Å². The Morgan fingerprint density at radius 3 is 2.00 bits per heavy atom. The average molecular weight is 230 g/mol. The summed E-state index contributed by atoms with van der Waals surface area (Å²) in [7, 11) is 0. The van der Waals surface area contributed by atoms with Crippen LogP contribution in [0.3, 0.4) is 0 Å². The Labute approximate surface area is 96.8 Å². The van der Waals surface area contributed by atoms with Gasteiger partial charge in [-0.3, -0.25) is 4.57 Å². The zero-order chi connectivity index (χ0) is 11.5. The molecule has 0 amide bonds. The minimum Gasteiger partial charge on any atom is -0.296 e. The molecule has 0 aromatic carbocycles. The molecule has 0 aliphatic carbocycles. The molecule has 0 aliphatic heterocycles. The third kappa shape index (κ3) is 2.03. The summed E-state index contributed by atoms with van der Waals surface area (Å²) < 4.78 is 2.12. The standard InChI is InChI=1S/C11H20ClN3/c1-5-9-13-14-10(12)15(9)11(6-2,7-3)8-4/h5-8H2,1-4H3. The Bertz CT molecular complexity index is 307. The molecule has 1 aromatic rings. The number of halogens is 1. The highest BCUT2D eigenvalue weighted by molar-refractivity contribution is 6.28. The van der Waals surface area contributed by atoms with Crippen LogP contribution in [-0.2, 0) is 12.0 Å². The third-order valence-electron chi connectivity index (χ3n) is 3.46. The summed E-state index contributed by atoms with van der Waals surface area (Å²) in [5.41, 5.74) is 0.0892. The zero-order valence-electron chi connectivity index (χ0n) is 10.0. The Morgan fingerprint density at radius 1 is 1.07 bits per heavy atom. The van der Waals surface area contributed by atoms with E-state index in [0.29, 0.717) is 5.28 Å². The van der Waals surface area contributed by atoms with Crippen molar-refractivity contribution in [3.8, 4) is 0 Å². The van der Waals surface area contributed by atoms with Gasteiger partial charge in [0.25, 0.3) is 0 Å². The van der Waals surface area contributed by atoms with Crippen molar-refractivity contribution >= 4 is 11.6 Å². The second-order valence-corrected chi connectivity index (χ2v) is 4.20. The molecular weight excluding hydrogens is 210 g/mol. The molecule has 0 aliphatic rings. The highest BCUT2D eigenvalue weighted by Crippen LogP contribution is 2.32. The lowest BCUT2D eigenvalue weighted by Gasteiger charge is -2.33. The molecule has 0 N–H and O–H groups in total. The molecule has 0 radical (unpaired) electrons. The predicted molar refractivity (Wildman–Crippen MR) is 63.3 cm³/mol. The zero-order valence-corrected chi connectivity index (χ0v) is 10.8. The van der Waals surface area contributed by atoms with E-state index in [1.165, 1.54) is 0 Å². The lowest BCUT2D eigenvalue weighted by Crippen LogP contribution is -2.33. The molecule has 4 heteroatoms. The number of rotatable bonds is 5. The Morgan fingerprint density at radius 2 is 1.60 bits per heavy atom. The second kappa shape index (κ2) is 4.97. The first-order chi connectivity index (χ1) is 7.15. The Hall–Kier alpha value is -0.570. The number of hydrogen-bond donors (Lipinski definition) is 0. The van der Waals surface area contributed by atoms with E-state index in [9.17, 15) is 0 Å². The predicted octanol–water partition coefficient (Wildman–Crippen LogP) is 3.42. The van der Waals surface area contributed by atoms with Crippen LogP contribution in [0.25, 0.3) is 0 Å². The summed E-state index contributed by atoms with van der Waals surface area (Å²) in [6.45, 7) is 8.68. The van der Waals surface area contributed by atoms with Crippen molar-refractivity contribution in [2.45, 2.75) is 58.9 Å². The van der Waals surface area contributed by atoms with Crippen molar-refractivity contribution in [3.05, 3.63) is 11.1 Å². The van der Waals surface area contributed by atoms with Gasteiger partial charge in [0.15, 0.2) is 0 Å². The van der Waals surface area contributed by atoms with Crippen LogP contribution in [0.4, 0.5) is 0 Å². The molecule has 1 aromatic heterocycles. The summed E-state index contributed by atoms with van der Waals surface area (Å²) in [5.74, 6) is 0.991. The summed E-state index contributed by atoms with van der Waals surface area (Å²) >= 11 is 6.13. The average Bonchev–Trinajstić information content (AvgIpc) is 2.65. The molecule has 0 atom stereocenters. The maximum absolute atomic E-state index is 6.13. The number of hydrogen-bond acceptors (Lipinski definition) is 2. The van der Waals surface area contributed by atoms with Crippen molar-refractivity contribution in [1.82, 2.24) is 14.8 Å². The van der Waals surface area contributed by atoms with Crippen molar-refractivity contribution < 1.29 is 0 Å². The molecule has 3 nitrogen and oxygen atoms in total. The van der Waals surface area contributed by atoms with Crippen LogP contribution >= 0.6 is 11.6 Å². The van der Waals surface area contributed by atoms with Gasteiger partial charge in [-0.05, 0) is 30.9 Å². The normalized spacial score (nSPS) is 12.1. The highest BCUT2D eigenvalue weighted by atomic mass is 35.5. The number of aromatic nitrogens is 3. The van der Waals surface area contributed by atoms with Gasteiger partial charge < -0.3 is 0 Å². The van der Waals surface area contributed by atoms with Gasteiger partial charge in [0.2, 0.25) is 5.28 Å². The minimum absolute atomic E-state index is 0.0892. The van der Waals surface area contributed by atoms with E-state index in [1.54, 1.807) is 0 Å². The van der Waals surface area contributed by atoms with Crippen LogP contribution in [0.5, 0.6) is 0 Å². The van der Waals surface area contributed by atoms with Gasteiger partial charge in [-0.25, -0.2) is 0 Å². The fourth-order valence-electron chi connectivity index (χ4n) is 2.22. The highest BCUT2D eigenvalue weighted by Gasteiger charge is 2.30. The molecule has 0 saturated heterocycles. The fourth-order valence-corrected chi connectivity index (χ4v) is 2.53. The topological polar surface area (TPSA) is 30.7 Å². The Balaban J connectivity index is 3.26. The first kappa shape index (κ1) is 12.5. The van der Waals surface area contributed by atoms with Gasteiger partial charge in [0, 0.05) is 12.0 Å². The second-order valence-electron chi connectivity index (χ2n) is 3.86. The molecule has 0 unspecified atom stereocenters. The fraction of sp³-hybridized carbons (Fsp3) is 0.818. The van der Waals surface area contributed by atoms with Gasteiger partial charge >= 0.3 is 0 Å². The van der Waals surface area contributed by atoms with Crippen LogP contribution in [0.1, 0.15) is 52.8 Å². The van der Waals surface area contributed by atoms with Crippen LogP contribution in [0.2, 0.25) is 5.28 Å². The SMILES string of the molecule is CCc1nnc(Cl)n1C(CC)(CC)CC. The van der Waals surface area contributed by atoms with Crippen molar-refractivity contribution in [3.63, 3.8) is 0 Å². The van der Waals surface area contributed by atoms with Crippen LogP contribution in [0.15, 0.2) is 0 Å². The van der Waals surface area contributed by atoms with Crippen molar-refractivity contribution in [2.24, 2.45) is 0 Å². The quantitative estimate of drug-likeness (QED) is 0.775. The van der Waals surface area contributed by atoms with Gasteiger partial charge in [-0.15, -0.1) is 10.2 Å². The number of aryl methyl sites for hydroxylation is 1. The van der Waals surface area contributed by atoms with Crippen molar-refractivity contribution in [1.29, 1.82) is 0 Å². The molecule has 1 heterocycles. The molecule has 15 heavy (non-hydrogen) atoms. The molecule has 0 fully saturated rings. The maximum atomic E-state index is 6.13. The summed E-state index contributed by atoms with van der Waals surface area (Å²) in [6, 6.07) is 0. The molecule has 86 valence electrons. The van der Waals surface area contributed by atoms with E-state index in [4.69, 9.17) is 11.6 Å². The molecule has 1 rings (SSSR count). The first-order valence-corrected chi connectivity index (χ1v) is 6.13. The minimum atomic E-state index is 0.0892. The van der Waals surface area contributed by atoms with Crippen LogP contribution in [-0.4, -0.2) is 14.8 Å². The van der Waals surface area contributed by atoms with Gasteiger partial charge in [0.05, 0.1) is 0 Å². The van der Waals surface area contributed by atoms with Crippen LogP contribution < -0.4 is 0 Å². The lowest BCUT2D eigenvalue weighted by atomic mass is 9.89. The van der Waals surface area contributed by atoms with Crippen molar-refractivity contribution in [2.75, 3.05) is 0 Å². The number of nitrogens with zero attached hydrogens (tertiary/aromatic N) is 3. The molecule has 0 saturated carbocycles. The molecule has 0 spiro atoms. The van der Waals surface area contributed by atoms with E-state index < -0.39 is 0 Å². The van der Waals surface area contributed by atoms with E-state index in [-0.39, 0.29) is 5.54 Å². The van der Waals surface area contributed by atoms with Gasteiger partial charge in [0.1, 0.15) is 5.82 Å². The van der Waals surface area contributed by atoms with Gasteiger partial charge in [-0.2, -0.15) is 0 Å². The molecular formula is C11H20ClN3. The van der Waals surface area contributed by atoms with E-state index in [2.05, 4.69) is 42.5 Å². The lowest BCUT2D eigenvalue weighted by molar-refractivity contribution is 0.243. The van der Waals surface area contributed by atoms with Gasteiger partial charge in [-0.1, -0.05) is 27.7 Å².